The number of rotatable bonds is 3. The number of carbonyl (C=O) groups is 1. The van der Waals surface area contributed by atoms with Crippen LogP contribution in [-0.4, -0.2) is 54.5 Å². The summed E-state index contributed by atoms with van der Waals surface area (Å²) in [6, 6.07) is 2.28. The third-order valence-electron chi connectivity index (χ3n) is 3.95. The molecule has 2 rings (SSSR count). The fourth-order valence-corrected chi connectivity index (χ4v) is 2.73. The lowest BCUT2D eigenvalue weighted by Crippen LogP contribution is -2.49. The summed E-state index contributed by atoms with van der Waals surface area (Å²) in [6.07, 6.45) is 1.21. The second-order valence-corrected chi connectivity index (χ2v) is 5.09. The molecule has 0 spiro atoms. The Balaban J connectivity index is 2.24. The number of hydrogen-bond donors (Lipinski definition) is 0. The second-order valence-electron chi connectivity index (χ2n) is 5.09. The number of aryl methyl sites for hydroxylation is 1. The summed E-state index contributed by atoms with van der Waals surface area (Å²) in [6.45, 7) is 6.38. The zero-order valence-electron chi connectivity index (χ0n) is 13.3. The summed E-state index contributed by atoms with van der Waals surface area (Å²) in [7, 11) is 1.38. The van der Waals surface area contributed by atoms with E-state index in [0.717, 1.165) is 24.1 Å². The lowest BCUT2D eigenvalue weighted by molar-refractivity contribution is 0.121. The molecule has 7 nitrogen and oxygen atoms in total. The van der Waals surface area contributed by atoms with Crippen LogP contribution in [-0.2, 0) is 17.6 Å². The van der Waals surface area contributed by atoms with Crippen molar-refractivity contribution in [2.45, 2.75) is 26.7 Å². The van der Waals surface area contributed by atoms with Crippen molar-refractivity contribution in [1.29, 1.82) is 5.26 Å². The van der Waals surface area contributed by atoms with Crippen LogP contribution in [0.3, 0.4) is 0 Å². The maximum atomic E-state index is 11.5. The number of anilines is 1. The molecule has 0 radical (unpaired) electrons. The molecule has 1 aliphatic rings. The van der Waals surface area contributed by atoms with Crippen molar-refractivity contribution in [3.63, 3.8) is 0 Å². The van der Waals surface area contributed by atoms with E-state index in [0.29, 0.717) is 37.6 Å². The van der Waals surface area contributed by atoms with Crippen molar-refractivity contribution in [3.05, 3.63) is 16.8 Å². The molecule has 118 valence electrons. The molecule has 0 unspecified atom stereocenters. The van der Waals surface area contributed by atoms with Gasteiger partial charge in [-0.25, -0.2) is 4.79 Å². The standard InChI is InChI=1S/C15H21N5O2/c1-4-11-12(10-16)14(18-17-13(11)5-2)19-6-8-20(9-7-19)15(21)22-3/h4-9H2,1-3H3. The van der Waals surface area contributed by atoms with Gasteiger partial charge in [0.25, 0.3) is 0 Å². The quantitative estimate of drug-likeness (QED) is 0.838. The van der Waals surface area contributed by atoms with Crippen molar-refractivity contribution in [2.75, 3.05) is 38.2 Å². The molecule has 0 saturated carbocycles. The van der Waals surface area contributed by atoms with Gasteiger partial charge in [-0.1, -0.05) is 13.8 Å². The van der Waals surface area contributed by atoms with E-state index >= 15 is 0 Å². The highest BCUT2D eigenvalue weighted by molar-refractivity contribution is 5.68. The zero-order chi connectivity index (χ0) is 16.1. The number of amides is 1. The molecule has 0 aromatic carbocycles. The third kappa shape index (κ3) is 2.96. The topological polar surface area (TPSA) is 82.3 Å². The van der Waals surface area contributed by atoms with Crippen LogP contribution in [0, 0.1) is 11.3 Å². The summed E-state index contributed by atoms with van der Waals surface area (Å²) >= 11 is 0. The summed E-state index contributed by atoms with van der Waals surface area (Å²) < 4.78 is 4.73. The van der Waals surface area contributed by atoms with Gasteiger partial charge in [0.1, 0.15) is 11.6 Å². The van der Waals surface area contributed by atoms with E-state index in [1.165, 1.54) is 7.11 Å². The molecular formula is C15H21N5O2. The summed E-state index contributed by atoms with van der Waals surface area (Å²) in [4.78, 5) is 15.2. The zero-order valence-corrected chi connectivity index (χ0v) is 13.3. The van der Waals surface area contributed by atoms with Gasteiger partial charge in [-0.05, 0) is 18.4 Å². The van der Waals surface area contributed by atoms with Gasteiger partial charge < -0.3 is 14.5 Å². The fraction of sp³-hybridized carbons (Fsp3) is 0.600. The molecule has 1 fully saturated rings. The van der Waals surface area contributed by atoms with Crippen molar-refractivity contribution < 1.29 is 9.53 Å². The molecule has 2 heterocycles. The maximum Gasteiger partial charge on any atom is 0.409 e. The highest BCUT2D eigenvalue weighted by atomic mass is 16.5. The van der Waals surface area contributed by atoms with Crippen molar-refractivity contribution >= 4 is 11.9 Å². The molecule has 22 heavy (non-hydrogen) atoms. The number of ether oxygens (including phenoxy) is 1. The number of carbonyl (C=O) groups excluding carboxylic acids is 1. The van der Waals surface area contributed by atoms with Gasteiger partial charge in [-0.15, -0.1) is 5.10 Å². The molecule has 7 heteroatoms. The minimum Gasteiger partial charge on any atom is -0.453 e. The van der Waals surface area contributed by atoms with E-state index in [1.54, 1.807) is 4.90 Å². The first-order chi connectivity index (χ1) is 10.7. The van der Waals surface area contributed by atoms with Crippen LogP contribution in [0.2, 0.25) is 0 Å². The molecule has 1 aliphatic heterocycles. The first kappa shape index (κ1) is 16.0. The van der Waals surface area contributed by atoms with Crippen LogP contribution in [0.4, 0.5) is 10.6 Å². The highest BCUT2D eigenvalue weighted by Crippen LogP contribution is 2.24. The molecule has 1 aromatic heterocycles. The molecular weight excluding hydrogens is 282 g/mol. The van der Waals surface area contributed by atoms with Crippen LogP contribution in [0.1, 0.15) is 30.7 Å². The van der Waals surface area contributed by atoms with Gasteiger partial charge in [0.15, 0.2) is 5.82 Å². The smallest absolute Gasteiger partial charge is 0.409 e. The molecule has 1 amide bonds. The number of nitrogens with zero attached hydrogens (tertiary/aromatic N) is 5. The third-order valence-corrected chi connectivity index (χ3v) is 3.95. The molecule has 0 atom stereocenters. The molecule has 1 saturated heterocycles. The molecule has 0 aliphatic carbocycles. The van der Waals surface area contributed by atoms with E-state index in [-0.39, 0.29) is 6.09 Å². The Morgan fingerprint density at radius 3 is 2.41 bits per heavy atom. The van der Waals surface area contributed by atoms with Gasteiger partial charge in [-0.3, -0.25) is 0 Å². The highest BCUT2D eigenvalue weighted by Gasteiger charge is 2.25. The van der Waals surface area contributed by atoms with Crippen molar-refractivity contribution in [2.24, 2.45) is 0 Å². The van der Waals surface area contributed by atoms with E-state index in [9.17, 15) is 10.1 Å². The normalized spacial score (nSPS) is 14.6. The van der Waals surface area contributed by atoms with Crippen molar-refractivity contribution in [1.82, 2.24) is 15.1 Å². The Morgan fingerprint density at radius 1 is 1.23 bits per heavy atom. The lowest BCUT2D eigenvalue weighted by atomic mass is 10.0. The monoisotopic (exact) mass is 303 g/mol. The Hall–Kier alpha value is -2.36. The SMILES string of the molecule is CCc1nnc(N2CCN(C(=O)OC)CC2)c(C#N)c1CC. The van der Waals surface area contributed by atoms with Crippen LogP contribution in [0.5, 0.6) is 0 Å². The van der Waals surface area contributed by atoms with Crippen LogP contribution < -0.4 is 4.90 Å². The van der Waals surface area contributed by atoms with Crippen LogP contribution in [0.15, 0.2) is 0 Å². The van der Waals surface area contributed by atoms with Gasteiger partial charge in [0.05, 0.1) is 12.8 Å². The number of methoxy groups -OCH3 is 1. The number of piperazine rings is 1. The molecule has 1 aromatic rings. The Bertz CT molecular complexity index is 588. The average molecular weight is 303 g/mol. The number of hydrogen-bond acceptors (Lipinski definition) is 6. The Morgan fingerprint density at radius 2 is 1.91 bits per heavy atom. The minimum atomic E-state index is -0.318. The lowest BCUT2D eigenvalue weighted by Gasteiger charge is -2.34. The van der Waals surface area contributed by atoms with Gasteiger partial charge in [0.2, 0.25) is 0 Å². The predicted octanol–water partition coefficient (Wildman–Crippen LogP) is 1.36. The second kappa shape index (κ2) is 7.07. The summed E-state index contributed by atoms with van der Waals surface area (Å²) in [5.74, 6) is 0.626. The molecule has 0 bridgehead atoms. The van der Waals surface area contributed by atoms with Crippen LogP contribution >= 0.6 is 0 Å². The van der Waals surface area contributed by atoms with Gasteiger partial charge >= 0.3 is 6.09 Å². The Kier molecular flexibility index (Phi) is 5.15. The maximum absolute atomic E-state index is 11.5. The first-order valence-electron chi connectivity index (χ1n) is 7.52. The molecule has 0 N–H and O–H groups in total. The van der Waals surface area contributed by atoms with E-state index < -0.39 is 0 Å². The average Bonchev–Trinajstić information content (AvgIpc) is 2.59. The van der Waals surface area contributed by atoms with Crippen LogP contribution in [0.25, 0.3) is 0 Å². The summed E-state index contributed by atoms with van der Waals surface area (Å²) in [5.41, 5.74) is 2.47. The Labute approximate surface area is 130 Å². The van der Waals surface area contributed by atoms with E-state index in [4.69, 9.17) is 4.74 Å². The number of aromatic nitrogens is 2. The van der Waals surface area contributed by atoms with Gasteiger partial charge in [-0.2, -0.15) is 10.4 Å². The first-order valence-corrected chi connectivity index (χ1v) is 7.52. The van der Waals surface area contributed by atoms with E-state index in [1.807, 2.05) is 18.7 Å². The van der Waals surface area contributed by atoms with Crippen molar-refractivity contribution in [3.8, 4) is 6.07 Å². The largest absolute Gasteiger partial charge is 0.453 e. The minimum absolute atomic E-state index is 0.318. The summed E-state index contributed by atoms with van der Waals surface area (Å²) in [5, 5.41) is 18.1. The number of nitriles is 1. The van der Waals surface area contributed by atoms with Gasteiger partial charge in [0, 0.05) is 26.2 Å². The fourth-order valence-electron chi connectivity index (χ4n) is 2.73. The predicted molar refractivity (Wildman–Crippen MR) is 81.7 cm³/mol. The van der Waals surface area contributed by atoms with E-state index in [2.05, 4.69) is 16.3 Å².